The number of sulfonamides is 1. The minimum absolute atomic E-state index is 0.257. The first kappa shape index (κ1) is 17.6. The van der Waals surface area contributed by atoms with Gasteiger partial charge in [0.1, 0.15) is 5.82 Å². The van der Waals surface area contributed by atoms with Gasteiger partial charge in [-0.15, -0.1) is 0 Å². The summed E-state index contributed by atoms with van der Waals surface area (Å²) in [7, 11) is -3.78. The third-order valence-corrected chi connectivity index (χ3v) is 5.77. The van der Waals surface area contributed by atoms with E-state index in [0.29, 0.717) is 16.7 Å². The Bertz CT molecular complexity index is 819. The monoisotopic (exact) mass is 335 g/mol. The van der Waals surface area contributed by atoms with Gasteiger partial charge in [-0.05, 0) is 51.8 Å². The van der Waals surface area contributed by atoms with Crippen LogP contribution in [0.2, 0.25) is 0 Å². The van der Waals surface area contributed by atoms with E-state index in [0.717, 1.165) is 5.56 Å². The summed E-state index contributed by atoms with van der Waals surface area (Å²) in [4.78, 5) is 0.257. The highest BCUT2D eigenvalue weighted by atomic mass is 32.2. The Hall–Kier alpha value is -1.72. The van der Waals surface area contributed by atoms with Crippen molar-refractivity contribution in [2.75, 3.05) is 0 Å². The van der Waals surface area contributed by atoms with E-state index >= 15 is 0 Å². The van der Waals surface area contributed by atoms with Crippen molar-refractivity contribution in [2.24, 2.45) is 0 Å². The minimum atomic E-state index is -3.78. The van der Waals surface area contributed by atoms with E-state index < -0.39 is 21.4 Å². The number of hydrogen-bond donors (Lipinski definition) is 1. The van der Waals surface area contributed by atoms with Gasteiger partial charge in [0.15, 0.2) is 0 Å². The molecule has 0 fully saturated rings. The average Bonchev–Trinajstić information content (AvgIpc) is 2.35. The summed E-state index contributed by atoms with van der Waals surface area (Å²) in [6.07, 6.45) is 0. The molecule has 0 spiro atoms. The Labute approximate surface area is 137 Å². The largest absolute Gasteiger partial charge is 0.241 e. The predicted molar refractivity (Wildman–Crippen MR) is 90.4 cm³/mol. The molecule has 0 radical (unpaired) electrons. The van der Waals surface area contributed by atoms with Crippen LogP contribution in [0, 0.1) is 26.6 Å². The number of hydrogen-bond acceptors (Lipinski definition) is 2. The molecular weight excluding hydrogens is 313 g/mol. The molecule has 2 rings (SSSR count). The van der Waals surface area contributed by atoms with Gasteiger partial charge in [0.2, 0.25) is 10.0 Å². The van der Waals surface area contributed by atoms with Gasteiger partial charge >= 0.3 is 0 Å². The zero-order valence-corrected chi connectivity index (χ0v) is 14.9. The molecule has 0 atom stereocenters. The highest BCUT2D eigenvalue weighted by Crippen LogP contribution is 2.28. The zero-order chi connectivity index (χ0) is 17.4. The van der Waals surface area contributed by atoms with Crippen molar-refractivity contribution in [1.29, 1.82) is 0 Å². The first-order valence-corrected chi connectivity index (χ1v) is 8.90. The smallest absolute Gasteiger partial charge is 0.207 e. The van der Waals surface area contributed by atoms with Crippen LogP contribution in [-0.2, 0) is 15.6 Å². The topological polar surface area (TPSA) is 46.2 Å². The maximum atomic E-state index is 14.0. The average molecular weight is 335 g/mol. The van der Waals surface area contributed by atoms with Gasteiger partial charge in [-0.25, -0.2) is 17.5 Å². The van der Waals surface area contributed by atoms with Crippen molar-refractivity contribution < 1.29 is 12.8 Å². The van der Waals surface area contributed by atoms with Crippen molar-refractivity contribution in [3.63, 3.8) is 0 Å². The Balaban J connectivity index is 2.49. The zero-order valence-electron chi connectivity index (χ0n) is 14.1. The molecule has 1 N–H and O–H groups in total. The van der Waals surface area contributed by atoms with Crippen molar-refractivity contribution in [2.45, 2.75) is 45.1 Å². The molecule has 124 valence electrons. The summed E-state index contributed by atoms with van der Waals surface area (Å²) in [6, 6.07) is 9.85. The normalized spacial score (nSPS) is 12.4. The third kappa shape index (κ3) is 3.62. The molecule has 0 amide bonds. The van der Waals surface area contributed by atoms with Crippen LogP contribution in [0.5, 0.6) is 0 Å². The van der Waals surface area contributed by atoms with Crippen molar-refractivity contribution in [3.05, 3.63) is 64.5 Å². The van der Waals surface area contributed by atoms with Crippen LogP contribution in [0.3, 0.4) is 0 Å². The standard InChI is InChI=1S/C18H22FNO2S/c1-12-10-13(2)17(14(3)11-12)23(21,22)20-18(4,5)15-8-6-7-9-16(15)19/h6-11,20H,1-5H3. The molecule has 2 aromatic rings. The van der Waals surface area contributed by atoms with E-state index in [1.807, 2.05) is 19.1 Å². The SMILES string of the molecule is Cc1cc(C)c(S(=O)(=O)NC(C)(C)c2ccccc2F)c(C)c1. The minimum Gasteiger partial charge on any atom is -0.207 e. The summed E-state index contributed by atoms with van der Waals surface area (Å²) in [5.74, 6) is -0.433. The number of rotatable bonds is 4. The number of benzene rings is 2. The van der Waals surface area contributed by atoms with Crippen LogP contribution < -0.4 is 4.72 Å². The molecule has 3 nitrogen and oxygen atoms in total. The second-order valence-corrected chi connectivity index (χ2v) is 8.06. The molecule has 0 aliphatic carbocycles. The first-order chi connectivity index (χ1) is 10.5. The van der Waals surface area contributed by atoms with Gasteiger partial charge in [0.05, 0.1) is 10.4 Å². The fourth-order valence-electron chi connectivity index (χ4n) is 3.00. The molecule has 0 bridgehead atoms. The highest BCUT2D eigenvalue weighted by Gasteiger charge is 2.31. The Morgan fingerprint density at radius 1 is 1.00 bits per heavy atom. The van der Waals surface area contributed by atoms with Crippen LogP contribution in [0.4, 0.5) is 4.39 Å². The quantitative estimate of drug-likeness (QED) is 0.919. The molecule has 23 heavy (non-hydrogen) atoms. The van der Waals surface area contributed by atoms with Crippen LogP contribution >= 0.6 is 0 Å². The second-order valence-electron chi connectivity index (χ2n) is 6.44. The number of aryl methyl sites for hydroxylation is 3. The van der Waals surface area contributed by atoms with E-state index in [-0.39, 0.29) is 4.90 Å². The van der Waals surface area contributed by atoms with E-state index in [1.54, 1.807) is 45.9 Å². The summed E-state index contributed by atoms with van der Waals surface area (Å²) in [5.41, 5.74) is 1.62. The van der Waals surface area contributed by atoms with Crippen LogP contribution in [-0.4, -0.2) is 8.42 Å². The van der Waals surface area contributed by atoms with Gasteiger partial charge in [-0.3, -0.25) is 0 Å². The molecule has 0 aliphatic heterocycles. The lowest BCUT2D eigenvalue weighted by molar-refractivity contribution is 0.446. The van der Waals surface area contributed by atoms with Gasteiger partial charge < -0.3 is 0 Å². The predicted octanol–water partition coefficient (Wildman–Crippen LogP) is 3.96. The van der Waals surface area contributed by atoms with Crippen molar-refractivity contribution >= 4 is 10.0 Å². The Morgan fingerprint density at radius 2 is 1.52 bits per heavy atom. The molecule has 0 aliphatic rings. The fourth-order valence-corrected chi connectivity index (χ4v) is 4.85. The van der Waals surface area contributed by atoms with Gasteiger partial charge in [0.25, 0.3) is 0 Å². The Kier molecular flexibility index (Phi) is 4.64. The van der Waals surface area contributed by atoms with Crippen molar-refractivity contribution in [3.8, 4) is 0 Å². The fraction of sp³-hybridized carbons (Fsp3) is 0.333. The van der Waals surface area contributed by atoms with E-state index in [4.69, 9.17) is 0 Å². The van der Waals surface area contributed by atoms with Crippen LogP contribution in [0.15, 0.2) is 41.3 Å². The lowest BCUT2D eigenvalue weighted by Gasteiger charge is -2.28. The van der Waals surface area contributed by atoms with Crippen molar-refractivity contribution in [1.82, 2.24) is 4.72 Å². The molecule has 5 heteroatoms. The molecule has 0 heterocycles. The molecular formula is C18H22FNO2S. The van der Waals surface area contributed by atoms with Crippen LogP contribution in [0.1, 0.15) is 36.1 Å². The van der Waals surface area contributed by atoms with E-state index in [2.05, 4.69) is 4.72 Å². The summed E-state index contributed by atoms with van der Waals surface area (Å²) >= 11 is 0. The molecule has 0 unspecified atom stereocenters. The maximum Gasteiger partial charge on any atom is 0.241 e. The number of halogens is 1. The van der Waals surface area contributed by atoms with Crippen LogP contribution in [0.25, 0.3) is 0 Å². The summed E-state index contributed by atoms with van der Waals surface area (Å²) in [6.45, 7) is 8.77. The second kappa shape index (κ2) is 6.06. The van der Waals surface area contributed by atoms with E-state index in [1.165, 1.54) is 6.07 Å². The number of nitrogens with one attached hydrogen (secondary N) is 1. The molecule has 2 aromatic carbocycles. The Morgan fingerprint density at radius 3 is 2.04 bits per heavy atom. The molecule has 0 aromatic heterocycles. The first-order valence-electron chi connectivity index (χ1n) is 7.41. The lowest BCUT2D eigenvalue weighted by atomic mass is 9.95. The third-order valence-electron chi connectivity index (χ3n) is 3.81. The maximum absolute atomic E-state index is 14.0. The summed E-state index contributed by atoms with van der Waals surface area (Å²) < 4.78 is 42.4. The molecule has 0 saturated heterocycles. The lowest BCUT2D eigenvalue weighted by Crippen LogP contribution is -2.42. The van der Waals surface area contributed by atoms with Gasteiger partial charge in [-0.1, -0.05) is 35.9 Å². The van der Waals surface area contributed by atoms with Gasteiger partial charge in [0, 0.05) is 5.56 Å². The molecule has 0 saturated carbocycles. The summed E-state index contributed by atoms with van der Waals surface area (Å²) in [5, 5.41) is 0. The van der Waals surface area contributed by atoms with Gasteiger partial charge in [-0.2, -0.15) is 0 Å². The highest BCUT2D eigenvalue weighted by molar-refractivity contribution is 7.89. The van der Waals surface area contributed by atoms with E-state index in [9.17, 15) is 12.8 Å².